The van der Waals surface area contributed by atoms with E-state index >= 15 is 0 Å². The van der Waals surface area contributed by atoms with Crippen molar-refractivity contribution in [3.05, 3.63) is 24.8 Å². The molecule has 0 bridgehead atoms. The van der Waals surface area contributed by atoms with Crippen LogP contribution in [-0.2, 0) is 0 Å². The van der Waals surface area contributed by atoms with Gasteiger partial charge in [0.1, 0.15) is 0 Å². The summed E-state index contributed by atoms with van der Waals surface area (Å²) in [5.74, 6) is 0. The normalized spacial score (nSPS) is 13.6. The summed E-state index contributed by atoms with van der Waals surface area (Å²) in [7, 11) is 0. The Bertz CT molecular complexity index is 116. The van der Waals surface area contributed by atoms with Crippen LogP contribution >= 0.6 is 0 Å². The van der Waals surface area contributed by atoms with Crippen LogP contribution in [0.15, 0.2) is 24.8 Å². The van der Waals surface area contributed by atoms with Crippen molar-refractivity contribution in [3.63, 3.8) is 0 Å². The van der Waals surface area contributed by atoms with E-state index in [9.17, 15) is 5.11 Å². The van der Waals surface area contributed by atoms with E-state index in [1.165, 1.54) is 0 Å². The minimum Gasteiger partial charge on any atom is -0.393 e. The van der Waals surface area contributed by atoms with Crippen LogP contribution in [-0.4, -0.2) is 11.2 Å². The van der Waals surface area contributed by atoms with Gasteiger partial charge in [0.2, 0.25) is 0 Å². The number of hydrogen-bond acceptors (Lipinski definition) is 1. The first-order valence-corrected chi connectivity index (χ1v) is 4.25. The zero-order chi connectivity index (χ0) is 8.53. The molecule has 1 nitrogen and oxygen atoms in total. The third kappa shape index (κ3) is 7.34. The van der Waals surface area contributed by atoms with Crippen LogP contribution in [0.25, 0.3) is 0 Å². The Kier molecular flexibility index (Phi) is 7.16. The maximum Gasteiger partial charge on any atom is 0.0577 e. The second kappa shape index (κ2) is 7.55. The Balaban J connectivity index is 3.22. The van der Waals surface area contributed by atoms with E-state index in [0.717, 1.165) is 19.3 Å². The van der Waals surface area contributed by atoms with Gasteiger partial charge in [-0.15, -0.1) is 6.58 Å². The van der Waals surface area contributed by atoms with Gasteiger partial charge in [-0.25, -0.2) is 0 Å². The van der Waals surface area contributed by atoms with Crippen molar-refractivity contribution in [2.24, 2.45) is 0 Å². The van der Waals surface area contributed by atoms with Crippen molar-refractivity contribution in [1.82, 2.24) is 0 Å². The fraction of sp³-hybridized carbons (Fsp3) is 0.600. The third-order valence-electron chi connectivity index (χ3n) is 1.51. The van der Waals surface area contributed by atoms with E-state index in [4.69, 9.17) is 0 Å². The lowest BCUT2D eigenvalue weighted by Gasteiger charge is -2.03. The molecule has 1 N–H and O–H groups in total. The van der Waals surface area contributed by atoms with E-state index < -0.39 is 0 Å². The Labute approximate surface area is 69.4 Å². The highest BCUT2D eigenvalue weighted by Crippen LogP contribution is 2.02. The Morgan fingerprint density at radius 2 is 2.18 bits per heavy atom. The first-order chi connectivity index (χ1) is 5.31. The summed E-state index contributed by atoms with van der Waals surface area (Å²) in [5, 5.41) is 9.24. The third-order valence-corrected chi connectivity index (χ3v) is 1.51. The van der Waals surface area contributed by atoms with Gasteiger partial charge in [0.05, 0.1) is 6.10 Å². The number of rotatable bonds is 6. The highest BCUT2D eigenvalue weighted by atomic mass is 16.3. The number of hydrogen-bond donors (Lipinski definition) is 1. The standard InChI is InChI=1S/C10H18O/c1-3-5-6-7-9-10(11)8-4-2/h4-6,10-11H,2-3,7-9H2,1H3. The first-order valence-electron chi connectivity index (χ1n) is 4.25. The Morgan fingerprint density at radius 3 is 2.73 bits per heavy atom. The SMILES string of the molecule is C=CCC(O)CCC=CCC. The minimum atomic E-state index is -0.200. The number of aliphatic hydroxyl groups is 1. The zero-order valence-electron chi connectivity index (χ0n) is 7.29. The van der Waals surface area contributed by atoms with Crippen LogP contribution in [0.2, 0.25) is 0 Å². The molecule has 0 amide bonds. The minimum absolute atomic E-state index is 0.200. The van der Waals surface area contributed by atoms with Gasteiger partial charge in [0.25, 0.3) is 0 Å². The van der Waals surface area contributed by atoms with Gasteiger partial charge in [0, 0.05) is 0 Å². The molecule has 64 valence electrons. The average molecular weight is 154 g/mol. The molecule has 0 aliphatic heterocycles. The monoisotopic (exact) mass is 154 g/mol. The topological polar surface area (TPSA) is 20.2 Å². The lowest BCUT2D eigenvalue weighted by Crippen LogP contribution is -2.02. The molecular weight excluding hydrogens is 136 g/mol. The second-order valence-corrected chi connectivity index (χ2v) is 2.64. The van der Waals surface area contributed by atoms with Crippen LogP contribution in [0.4, 0.5) is 0 Å². The molecule has 0 rings (SSSR count). The summed E-state index contributed by atoms with van der Waals surface area (Å²) >= 11 is 0. The molecule has 0 aliphatic rings. The Morgan fingerprint density at radius 1 is 1.45 bits per heavy atom. The van der Waals surface area contributed by atoms with Crippen molar-refractivity contribution >= 4 is 0 Å². The largest absolute Gasteiger partial charge is 0.393 e. The quantitative estimate of drug-likeness (QED) is 0.583. The van der Waals surface area contributed by atoms with E-state index in [1.807, 2.05) is 0 Å². The lowest BCUT2D eigenvalue weighted by molar-refractivity contribution is 0.169. The van der Waals surface area contributed by atoms with Crippen LogP contribution in [0.5, 0.6) is 0 Å². The molecule has 1 unspecified atom stereocenters. The molecule has 0 heterocycles. The summed E-state index contributed by atoms with van der Waals surface area (Å²) in [6, 6.07) is 0. The van der Waals surface area contributed by atoms with E-state index in [-0.39, 0.29) is 6.10 Å². The van der Waals surface area contributed by atoms with Crippen LogP contribution in [0.1, 0.15) is 32.6 Å². The Hall–Kier alpha value is -0.560. The van der Waals surface area contributed by atoms with Crippen molar-refractivity contribution in [1.29, 1.82) is 0 Å². The number of allylic oxidation sites excluding steroid dienone is 2. The zero-order valence-corrected chi connectivity index (χ0v) is 7.29. The average Bonchev–Trinajstić information content (AvgIpc) is 1.99. The molecule has 0 fully saturated rings. The van der Waals surface area contributed by atoms with E-state index in [2.05, 4.69) is 25.7 Å². The molecule has 0 saturated heterocycles. The molecule has 0 aromatic rings. The molecule has 1 atom stereocenters. The van der Waals surface area contributed by atoms with E-state index in [1.54, 1.807) is 6.08 Å². The molecule has 1 heteroatoms. The molecule has 0 radical (unpaired) electrons. The predicted molar refractivity (Wildman–Crippen MR) is 49.5 cm³/mol. The maximum atomic E-state index is 9.24. The molecule has 0 saturated carbocycles. The molecule has 0 aromatic carbocycles. The van der Waals surface area contributed by atoms with Crippen molar-refractivity contribution in [3.8, 4) is 0 Å². The summed E-state index contributed by atoms with van der Waals surface area (Å²) in [6.45, 7) is 5.67. The fourth-order valence-electron chi connectivity index (χ4n) is 0.883. The lowest BCUT2D eigenvalue weighted by atomic mass is 10.1. The predicted octanol–water partition coefficient (Wildman–Crippen LogP) is 2.67. The van der Waals surface area contributed by atoms with Gasteiger partial charge in [-0.05, 0) is 25.7 Å². The summed E-state index contributed by atoms with van der Waals surface area (Å²) in [5.41, 5.74) is 0. The smallest absolute Gasteiger partial charge is 0.0577 e. The first kappa shape index (κ1) is 10.4. The van der Waals surface area contributed by atoms with Crippen molar-refractivity contribution in [2.75, 3.05) is 0 Å². The molecular formula is C10H18O. The highest BCUT2D eigenvalue weighted by Gasteiger charge is 1.97. The van der Waals surface area contributed by atoms with Gasteiger partial charge in [-0.3, -0.25) is 0 Å². The molecule has 0 spiro atoms. The van der Waals surface area contributed by atoms with Gasteiger partial charge >= 0.3 is 0 Å². The van der Waals surface area contributed by atoms with Crippen LogP contribution < -0.4 is 0 Å². The van der Waals surface area contributed by atoms with E-state index in [0.29, 0.717) is 6.42 Å². The fourth-order valence-corrected chi connectivity index (χ4v) is 0.883. The molecule has 0 aromatic heterocycles. The summed E-state index contributed by atoms with van der Waals surface area (Å²) in [4.78, 5) is 0. The van der Waals surface area contributed by atoms with Crippen molar-refractivity contribution in [2.45, 2.75) is 38.7 Å². The van der Waals surface area contributed by atoms with Gasteiger partial charge in [-0.1, -0.05) is 25.2 Å². The van der Waals surface area contributed by atoms with Gasteiger partial charge < -0.3 is 5.11 Å². The van der Waals surface area contributed by atoms with Crippen LogP contribution in [0, 0.1) is 0 Å². The number of aliphatic hydroxyl groups excluding tert-OH is 1. The van der Waals surface area contributed by atoms with Gasteiger partial charge in [0.15, 0.2) is 0 Å². The maximum absolute atomic E-state index is 9.24. The molecule has 0 aliphatic carbocycles. The molecule has 11 heavy (non-hydrogen) atoms. The highest BCUT2D eigenvalue weighted by molar-refractivity contribution is 4.82. The van der Waals surface area contributed by atoms with Crippen molar-refractivity contribution < 1.29 is 5.11 Å². The summed E-state index contributed by atoms with van der Waals surface area (Å²) < 4.78 is 0. The summed E-state index contributed by atoms with van der Waals surface area (Å²) in [6.07, 6.45) is 9.42. The van der Waals surface area contributed by atoms with Gasteiger partial charge in [-0.2, -0.15) is 0 Å². The van der Waals surface area contributed by atoms with Crippen LogP contribution in [0.3, 0.4) is 0 Å². The second-order valence-electron chi connectivity index (χ2n) is 2.64.